The zero-order valence-corrected chi connectivity index (χ0v) is 6.86. The zero-order valence-electron chi connectivity index (χ0n) is 6.86. The highest BCUT2D eigenvalue weighted by Gasteiger charge is 1.90. The second-order valence-corrected chi connectivity index (χ2v) is 2.44. The molecule has 0 saturated carbocycles. The molecule has 0 saturated heterocycles. The molecule has 0 aliphatic carbocycles. The van der Waals surface area contributed by atoms with Crippen LogP contribution in [0.4, 0.5) is 0 Å². The lowest BCUT2D eigenvalue weighted by molar-refractivity contribution is -0.107. The van der Waals surface area contributed by atoms with Gasteiger partial charge in [0.05, 0.1) is 6.54 Å². The molecule has 0 amide bonds. The van der Waals surface area contributed by atoms with Crippen molar-refractivity contribution in [1.82, 2.24) is 10.3 Å². The number of aldehydes is 1. The van der Waals surface area contributed by atoms with Crippen molar-refractivity contribution < 1.29 is 4.79 Å². The van der Waals surface area contributed by atoms with Crippen molar-refractivity contribution in [3.8, 4) is 0 Å². The molecule has 1 rings (SSSR count). The maximum Gasteiger partial charge on any atom is 0.133 e. The molecule has 12 heavy (non-hydrogen) atoms. The molecule has 1 aromatic heterocycles. The largest absolute Gasteiger partial charge is 0.310 e. The number of rotatable bonds is 5. The minimum Gasteiger partial charge on any atom is -0.310 e. The standard InChI is InChI=1S/C9H12N2O/c12-8-7-10-6-4-9-3-1-2-5-11-9/h1-3,5,8,10H,4,6-7H2. The molecule has 0 atom stereocenters. The summed E-state index contributed by atoms with van der Waals surface area (Å²) in [5.74, 6) is 0. The van der Waals surface area contributed by atoms with Crippen LogP contribution in [0.25, 0.3) is 0 Å². The summed E-state index contributed by atoms with van der Waals surface area (Å²) in [7, 11) is 0. The van der Waals surface area contributed by atoms with E-state index in [1.807, 2.05) is 18.2 Å². The Morgan fingerprint density at radius 2 is 2.42 bits per heavy atom. The summed E-state index contributed by atoms with van der Waals surface area (Å²) in [6, 6.07) is 5.83. The number of pyridine rings is 1. The van der Waals surface area contributed by atoms with Crippen molar-refractivity contribution in [1.29, 1.82) is 0 Å². The van der Waals surface area contributed by atoms with Crippen molar-refractivity contribution in [3.63, 3.8) is 0 Å². The van der Waals surface area contributed by atoms with Crippen molar-refractivity contribution in [2.45, 2.75) is 6.42 Å². The van der Waals surface area contributed by atoms with Crippen molar-refractivity contribution >= 4 is 6.29 Å². The van der Waals surface area contributed by atoms with E-state index >= 15 is 0 Å². The van der Waals surface area contributed by atoms with Gasteiger partial charge in [-0.3, -0.25) is 4.98 Å². The van der Waals surface area contributed by atoms with E-state index in [9.17, 15) is 4.79 Å². The lowest BCUT2D eigenvalue weighted by Crippen LogP contribution is -2.19. The SMILES string of the molecule is O=CCNCCc1ccccn1. The quantitative estimate of drug-likeness (QED) is 0.506. The molecule has 1 heterocycles. The third-order valence-electron chi connectivity index (χ3n) is 1.51. The van der Waals surface area contributed by atoms with Gasteiger partial charge >= 0.3 is 0 Å². The monoisotopic (exact) mass is 164 g/mol. The molecular formula is C9H12N2O. The Bertz CT molecular complexity index is 223. The van der Waals surface area contributed by atoms with Gasteiger partial charge in [0.25, 0.3) is 0 Å². The van der Waals surface area contributed by atoms with E-state index in [1.165, 1.54) is 0 Å². The number of nitrogens with zero attached hydrogens (tertiary/aromatic N) is 1. The van der Waals surface area contributed by atoms with Gasteiger partial charge in [-0.1, -0.05) is 6.07 Å². The maximum atomic E-state index is 9.94. The Kier molecular flexibility index (Phi) is 4.02. The molecule has 1 N–H and O–H groups in total. The molecule has 0 aromatic carbocycles. The average Bonchev–Trinajstić information content (AvgIpc) is 2.14. The van der Waals surface area contributed by atoms with Crippen LogP contribution in [0.3, 0.4) is 0 Å². The van der Waals surface area contributed by atoms with Crippen LogP contribution >= 0.6 is 0 Å². The number of aromatic nitrogens is 1. The summed E-state index contributed by atoms with van der Waals surface area (Å²) in [5.41, 5.74) is 1.05. The second kappa shape index (κ2) is 5.43. The van der Waals surface area contributed by atoms with Gasteiger partial charge in [-0.15, -0.1) is 0 Å². The number of carbonyl (C=O) groups excluding carboxylic acids is 1. The van der Waals surface area contributed by atoms with Gasteiger partial charge in [0.2, 0.25) is 0 Å². The summed E-state index contributed by atoms with van der Waals surface area (Å²) in [6.45, 7) is 1.22. The predicted molar refractivity (Wildman–Crippen MR) is 46.9 cm³/mol. The average molecular weight is 164 g/mol. The van der Waals surface area contributed by atoms with Gasteiger partial charge in [-0.05, 0) is 12.1 Å². The Hall–Kier alpha value is -1.22. The van der Waals surface area contributed by atoms with E-state index in [-0.39, 0.29) is 0 Å². The second-order valence-electron chi connectivity index (χ2n) is 2.44. The number of nitrogens with one attached hydrogen (secondary N) is 1. The Morgan fingerprint density at radius 3 is 3.08 bits per heavy atom. The summed E-state index contributed by atoms with van der Waals surface area (Å²) >= 11 is 0. The van der Waals surface area contributed by atoms with Gasteiger partial charge in [0.15, 0.2) is 0 Å². The topological polar surface area (TPSA) is 42.0 Å². The summed E-state index contributed by atoms with van der Waals surface area (Å²) < 4.78 is 0. The lowest BCUT2D eigenvalue weighted by Gasteiger charge is -1.99. The van der Waals surface area contributed by atoms with Crippen LogP contribution in [0.1, 0.15) is 5.69 Å². The van der Waals surface area contributed by atoms with Crippen molar-refractivity contribution in [2.75, 3.05) is 13.1 Å². The van der Waals surface area contributed by atoms with E-state index in [2.05, 4.69) is 10.3 Å². The first kappa shape index (κ1) is 8.87. The first-order chi connectivity index (χ1) is 5.93. The fourth-order valence-corrected chi connectivity index (χ4v) is 0.923. The zero-order chi connectivity index (χ0) is 8.65. The summed E-state index contributed by atoms with van der Waals surface area (Å²) in [5, 5.41) is 2.98. The molecule has 0 bridgehead atoms. The van der Waals surface area contributed by atoms with Crippen LogP contribution in [0.15, 0.2) is 24.4 Å². The van der Waals surface area contributed by atoms with E-state index in [1.54, 1.807) is 6.20 Å². The molecule has 0 spiro atoms. The van der Waals surface area contributed by atoms with Crippen LogP contribution < -0.4 is 5.32 Å². The maximum absolute atomic E-state index is 9.94. The van der Waals surface area contributed by atoms with Crippen LogP contribution in [0.5, 0.6) is 0 Å². The fraction of sp³-hybridized carbons (Fsp3) is 0.333. The fourth-order valence-electron chi connectivity index (χ4n) is 0.923. The minimum absolute atomic E-state index is 0.423. The van der Waals surface area contributed by atoms with Gasteiger partial charge < -0.3 is 10.1 Å². The van der Waals surface area contributed by atoms with Gasteiger partial charge in [-0.2, -0.15) is 0 Å². The Morgan fingerprint density at radius 1 is 1.50 bits per heavy atom. The highest BCUT2D eigenvalue weighted by atomic mass is 16.1. The van der Waals surface area contributed by atoms with Gasteiger partial charge in [0, 0.05) is 24.9 Å². The molecular weight excluding hydrogens is 152 g/mol. The van der Waals surface area contributed by atoms with Crippen LogP contribution in [0.2, 0.25) is 0 Å². The molecule has 0 aliphatic rings. The van der Waals surface area contributed by atoms with E-state index in [0.717, 1.165) is 24.9 Å². The summed E-state index contributed by atoms with van der Waals surface area (Å²) in [6.07, 6.45) is 3.50. The van der Waals surface area contributed by atoms with Crippen molar-refractivity contribution in [2.24, 2.45) is 0 Å². The third kappa shape index (κ3) is 3.25. The predicted octanol–water partition coefficient (Wildman–Crippen LogP) is 0.413. The minimum atomic E-state index is 0.423. The number of carbonyl (C=O) groups is 1. The highest BCUT2D eigenvalue weighted by Crippen LogP contribution is 1.92. The van der Waals surface area contributed by atoms with Crippen LogP contribution in [0, 0.1) is 0 Å². The van der Waals surface area contributed by atoms with Crippen molar-refractivity contribution in [3.05, 3.63) is 30.1 Å². The smallest absolute Gasteiger partial charge is 0.133 e. The van der Waals surface area contributed by atoms with Crippen LogP contribution in [-0.4, -0.2) is 24.4 Å². The van der Waals surface area contributed by atoms with E-state index in [4.69, 9.17) is 0 Å². The van der Waals surface area contributed by atoms with Gasteiger partial charge in [0.1, 0.15) is 6.29 Å². The third-order valence-corrected chi connectivity index (χ3v) is 1.51. The molecule has 3 heteroatoms. The number of hydrogen-bond acceptors (Lipinski definition) is 3. The van der Waals surface area contributed by atoms with Crippen LogP contribution in [-0.2, 0) is 11.2 Å². The Labute approximate surface area is 71.8 Å². The summed E-state index contributed by atoms with van der Waals surface area (Å²) in [4.78, 5) is 14.1. The normalized spacial score (nSPS) is 9.67. The number of hydrogen-bond donors (Lipinski definition) is 1. The van der Waals surface area contributed by atoms with E-state index < -0.39 is 0 Å². The molecule has 3 nitrogen and oxygen atoms in total. The molecule has 0 radical (unpaired) electrons. The molecule has 0 unspecified atom stereocenters. The highest BCUT2D eigenvalue weighted by molar-refractivity contribution is 5.51. The lowest BCUT2D eigenvalue weighted by atomic mass is 10.3. The molecule has 64 valence electrons. The first-order valence-electron chi connectivity index (χ1n) is 3.98. The Balaban J connectivity index is 2.20. The van der Waals surface area contributed by atoms with Gasteiger partial charge in [-0.25, -0.2) is 0 Å². The molecule has 0 aliphatic heterocycles. The molecule has 0 fully saturated rings. The first-order valence-corrected chi connectivity index (χ1v) is 3.98. The van der Waals surface area contributed by atoms with E-state index in [0.29, 0.717) is 6.54 Å². The molecule has 1 aromatic rings.